The molecule has 0 unspecified atom stereocenters. The minimum atomic E-state index is -1.50. The van der Waals surface area contributed by atoms with Crippen LogP contribution in [0, 0.1) is 5.92 Å². The number of halogens is 1. The Balaban J connectivity index is 3.16. The van der Waals surface area contributed by atoms with Gasteiger partial charge in [0.25, 0.3) is 0 Å². The van der Waals surface area contributed by atoms with E-state index in [-0.39, 0.29) is 11.5 Å². The molecule has 1 N–H and O–H groups in total. The summed E-state index contributed by atoms with van der Waals surface area (Å²) in [5.74, 6) is -2.35. The molecular weight excluding hydrogens is 207 g/mol. The van der Waals surface area contributed by atoms with Gasteiger partial charge in [0.2, 0.25) is 5.83 Å². The van der Waals surface area contributed by atoms with Crippen molar-refractivity contribution in [1.82, 2.24) is 0 Å². The van der Waals surface area contributed by atoms with E-state index >= 15 is 0 Å². The Morgan fingerprint density at radius 3 is 2.31 bits per heavy atom. The second-order valence-corrected chi connectivity index (χ2v) is 4.06. The molecule has 0 aliphatic carbocycles. The Bertz CT molecular complexity index is 394. The van der Waals surface area contributed by atoms with Gasteiger partial charge in [0.05, 0.1) is 0 Å². The molecule has 0 aromatic heterocycles. The monoisotopic (exact) mass is 222 g/mol. The molecule has 0 saturated carbocycles. The first-order valence-corrected chi connectivity index (χ1v) is 5.19. The fraction of sp³-hybridized carbons (Fsp3) is 0.308. The molecule has 0 bridgehead atoms. The lowest BCUT2D eigenvalue weighted by molar-refractivity contribution is -0.134. The van der Waals surface area contributed by atoms with E-state index in [9.17, 15) is 9.18 Å². The highest BCUT2D eigenvalue weighted by Crippen LogP contribution is 2.26. The van der Waals surface area contributed by atoms with Crippen molar-refractivity contribution < 1.29 is 14.3 Å². The Morgan fingerprint density at radius 1 is 1.31 bits per heavy atom. The number of rotatable bonds is 4. The van der Waals surface area contributed by atoms with E-state index in [1.165, 1.54) is 0 Å². The summed E-state index contributed by atoms with van der Waals surface area (Å²) in [5, 5.41) is 8.69. The van der Waals surface area contributed by atoms with Crippen molar-refractivity contribution in [3.05, 3.63) is 41.7 Å². The molecule has 3 heteroatoms. The molecule has 0 saturated heterocycles. The molecule has 0 heterocycles. The number of allylic oxidation sites excluding steroid dienone is 1. The van der Waals surface area contributed by atoms with Gasteiger partial charge in [-0.1, -0.05) is 44.2 Å². The second kappa shape index (κ2) is 5.45. The maximum absolute atomic E-state index is 13.5. The minimum Gasteiger partial charge on any atom is -0.476 e. The predicted molar refractivity (Wildman–Crippen MR) is 61.6 cm³/mol. The molecule has 2 nitrogen and oxygen atoms in total. The van der Waals surface area contributed by atoms with Crippen molar-refractivity contribution in [3.8, 4) is 0 Å². The molecule has 0 atom stereocenters. The van der Waals surface area contributed by atoms with Gasteiger partial charge in [-0.25, -0.2) is 4.79 Å². The second-order valence-electron chi connectivity index (χ2n) is 4.06. The lowest BCUT2D eigenvalue weighted by atomic mass is 9.95. The minimum absolute atomic E-state index is 0.209. The number of aliphatic carboxylic acids is 1. The average Bonchev–Trinajstić information content (AvgIpc) is 2.26. The zero-order valence-electron chi connectivity index (χ0n) is 9.40. The number of benzene rings is 1. The van der Waals surface area contributed by atoms with Gasteiger partial charge >= 0.3 is 5.97 Å². The SMILES string of the molecule is CC(C)CC(=C(F)C(=O)O)c1ccccc1. The molecule has 0 aliphatic rings. The summed E-state index contributed by atoms with van der Waals surface area (Å²) in [6.07, 6.45) is 0.419. The molecule has 0 amide bonds. The Kier molecular flexibility index (Phi) is 4.23. The van der Waals surface area contributed by atoms with Gasteiger partial charge in [-0.3, -0.25) is 0 Å². The summed E-state index contributed by atoms with van der Waals surface area (Å²) in [4.78, 5) is 10.7. The maximum Gasteiger partial charge on any atom is 0.365 e. The lowest BCUT2D eigenvalue weighted by Crippen LogP contribution is -2.02. The van der Waals surface area contributed by atoms with Crippen LogP contribution >= 0.6 is 0 Å². The first-order chi connectivity index (χ1) is 7.52. The van der Waals surface area contributed by atoms with Crippen LogP contribution in [-0.2, 0) is 4.79 Å². The number of carboxylic acids is 1. The van der Waals surface area contributed by atoms with Crippen LogP contribution in [0.4, 0.5) is 4.39 Å². The molecule has 1 aromatic rings. The molecule has 86 valence electrons. The zero-order valence-corrected chi connectivity index (χ0v) is 9.40. The molecule has 1 aromatic carbocycles. The van der Waals surface area contributed by atoms with Crippen LogP contribution in [0.1, 0.15) is 25.8 Å². The molecule has 1 rings (SSSR count). The van der Waals surface area contributed by atoms with Crippen LogP contribution in [-0.4, -0.2) is 11.1 Å². The predicted octanol–water partition coefficient (Wildman–Crippen LogP) is 3.50. The van der Waals surface area contributed by atoms with Gasteiger partial charge < -0.3 is 5.11 Å². The van der Waals surface area contributed by atoms with E-state index in [1.54, 1.807) is 24.3 Å². The summed E-state index contributed by atoms with van der Waals surface area (Å²) in [6.45, 7) is 3.86. The third-order valence-corrected chi connectivity index (χ3v) is 2.19. The standard InChI is InChI=1S/C13H15FO2/c1-9(2)8-11(12(14)13(15)16)10-6-4-3-5-7-10/h3-7,9H,8H2,1-2H3,(H,15,16). The van der Waals surface area contributed by atoms with Gasteiger partial charge in [0.1, 0.15) is 0 Å². The smallest absolute Gasteiger partial charge is 0.365 e. The quantitative estimate of drug-likeness (QED) is 0.791. The molecule has 0 aliphatic heterocycles. The highest BCUT2D eigenvalue weighted by Gasteiger charge is 2.16. The first kappa shape index (κ1) is 12.4. The van der Waals surface area contributed by atoms with Crippen LogP contribution in [0.3, 0.4) is 0 Å². The van der Waals surface area contributed by atoms with Crippen molar-refractivity contribution >= 4 is 11.5 Å². The lowest BCUT2D eigenvalue weighted by Gasteiger charge is -2.10. The van der Waals surface area contributed by atoms with Crippen LogP contribution in [0.2, 0.25) is 0 Å². The summed E-state index contributed by atoms with van der Waals surface area (Å²) in [6, 6.07) is 8.80. The van der Waals surface area contributed by atoms with E-state index in [2.05, 4.69) is 0 Å². The fourth-order valence-corrected chi connectivity index (χ4v) is 1.51. The Hall–Kier alpha value is -1.64. The third-order valence-electron chi connectivity index (χ3n) is 2.19. The fourth-order valence-electron chi connectivity index (χ4n) is 1.51. The van der Waals surface area contributed by atoms with Gasteiger partial charge in [-0.15, -0.1) is 0 Å². The Labute approximate surface area is 94.4 Å². The Morgan fingerprint density at radius 2 is 1.88 bits per heavy atom. The van der Waals surface area contributed by atoms with E-state index < -0.39 is 11.8 Å². The van der Waals surface area contributed by atoms with Gasteiger partial charge in [0.15, 0.2) is 0 Å². The van der Waals surface area contributed by atoms with Crippen LogP contribution in [0.5, 0.6) is 0 Å². The number of hydrogen-bond donors (Lipinski definition) is 1. The van der Waals surface area contributed by atoms with E-state index in [0.29, 0.717) is 12.0 Å². The largest absolute Gasteiger partial charge is 0.476 e. The molecule has 0 fully saturated rings. The van der Waals surface area contributed by atoms with Crippen molar-refractivity contribution in [3.63, 3.8) is 0 Å². The molecule has 16 heavy (non-hydrogen) atoms. The van der Waals surface area contributed by atoms with Crippen molar-refractivity contribution in [2.24, 2.45) is 5.92 Å². The first-order valence-electron chi connectivity index (χ1n) is 5.19. The topological polar surface area (TPSA) is 37.3 Å². The van der Waals surface area contributed by atoms with Gasteiger partial charge in [-0.2, -0.15) is 4.39 Å². The summed E-state index contributed by atoms with van der Waals surface area (Å²) < 4.78 is 13.5. The van der Waals surface area contributed by atoms with E-state index in [1.807, 2.05) is 19.9 Å². The number of carboxylic acid groups (broad SMARTS) is 1. The molecule has 0 radical (unpaired) electrons. The van der Waals surface area contributed by atoms with Crippen LogP contribution < -0.4 is 0 Å². The van der Waals surface area contributed by atoms with Gasteiger partial charge in [0, 0.05) is 5.57 Å². The van der Waals surface area contributed by atoms with E-state index in [0.717, 1.165) is 0 Å². The zero-order chi connectivity index (χ0) is 12.1. The summed E-state index contributed by atoms with van der Waals surface area (Å²) >= 11 is 0. The average molecular weight is 222 g/mol. The van der Waals surface area contributed by atoms with Crippen molar-refractivity contribution in [2.75, 3.05) is 0 Å². The molecular formula is C13H15FO2. The number of hydrogen-bond acceptors (Lipinski definition) is 1. The third kappa shape index (κ3) is 3.19. The van der Waals surface area contributed by atoms with Crippen molar-refractivity contribution in [2.45, 2.75) is 20.3 Å². The summed E-state index contributed by atoms with van der Waals surface area (Å²) in [5.41, 5.74) is 0.902. The van der Waals surface area contributed by atoms with Crippen LogP contribution in [0.25, 0.3) is 5.57 Å². The highest BCUT2D eigenvalue weighted by molar-refractivity contribution is 5.94. The normalized spacial score (nSPS) is 12.5. The maximum atomic E-state index is 13.5. The summed E-state index contributed by atoms with van der Waals surface area (Å²) in [7, 11) is 0. The van der Waals surface area contributed by atoms with Crippen LogP contribution in [0.15, 0.2) is 36.2 Å². The van der Waals surface area contributed by atoms with Gasteiger partial charge in [-0.05, 0) is 17.9 Å². The molecule has 0 spiro atoms. The van der Waals surface area contributed by atoms with Crippen molar-refractivity contribution in [1.29, 1.82) is 0 Å². The highest BCUT2D eigenvalue weighted by atomic mass is 19.1. The number of carbonyl (C=O) groups is 1. The van der Waals surface area contributed by atoms with E-state index in [4.69, 9.17) is 5.11 Å².